The maximum absolute atomic E-state index is 10.5. The monoisotopic (exact) mass is 227 g/mol. The molecule has 1 heterocycles. The number of hydrogen-bond donors (Lipinski definition) is 0. The van der Waals surface area contributed by atoms with Gasteiger partial charge in [-0.25, -0.2) is 0 Å². The number of non-ortho nitro benzene ring substituents is 1. The normalized spacial score (nSPS) is 10.6. The molecule has 0 aliphatic rings. The van der Waals surface area contributed by atoms with Gasteiger partial charge in [0.15, 0.2) is 0 Å². The van der Waals surface area contributed by atoms with Crippen LogP contribution in [0.2, 0.25) is 0 Å². The standard InChI is InChI=1S/C12H9N3O2/c16-15(17)12-5-3-11(4-6-12)14-9-10-2-1-7-13-8-10/h1-9H. The molecule has 0 spiro atoms. The summed E-state index contributed by atoms with van der Waals surface area (Å²) in [6.07, 6.45) is 5.03. The highest BCUT2D eigenvalue weighted by atomic mass is 16.6. The van der Waals surface area contributed by atoms with E-state index in [1.54, 1.807) is 30.7 Å². The van der Waals surface area contributed by atoms with Gasteiger partial charge in [0.1, 0.15) is 0 Å². The number of benzene rings is 1. The van der Waals surface area contributed by atoms with Crippen LogP contribution in [0.4, 0.5) is 11.4 Å². The lowest BCUT2D eigenvalue weighted by atomic mass is 10.3. The number of aliphatic imine (C=N–C) groups is 1. The molecule has 1 aromatic heterocycles. The zero-order valence-corrected chi connectivity index (χ0v) is 8.85. The molecule has 0 bridgehead atoms. The highest BCUT2D eigenvalue weighted by Crippen LogP contribution is 2.17. The van der Waals surface area contributed by atoms with Gasteiger partial charge in [0.05, 0.1) is 10.6 Å². The van der Waals surface area contributed by atoms with Crippen LogP contribution >= 0.6 is 0 Å². The van der Waals surface area contributed by atoms with Crippen molar-refractivity contribution in [2.24, 2.45) is 4.99 Å². The predicted octanol–water partition coefficient (Wildman–Crippen LogP) is 2.74. The molecule has 2 aromatic rings. The summed E-state index contributed by atoms with van der Waals surface area (Å²) < 4.78 is 0. The Balaban J connectivity index is 2.14. The number of nitrogens with zero attached hydrogens (tertiary/aromatic N) is 3. The summed E-state index contributed by atoms with van der Waals surface area (Å²) in [7, 11) is 0. The van der Waals surface area contributed by atoms with Gasteiger partial charge >= 0.3 is 0 Å². The summed E-state index contributed by atoms with van der Waals surface area (Å²) in [5.74, 6) is 0. The average molecular weight is 227 g/mol. The summed E-state index contributed by atoms with van der Waals surface area (Å²) in [5.41, 5.74) is 1.61. The molecule has 5 heteroatoms. The SMILES string of the molecule is O=[N+]([O-])c1ccc(N=Cc2cccnc2)cc1. The van der Waals surface area contributed by atoms with E-state index in [9.17, 15) is 10.1 Å². The minimum Gasteiger partial charge on any atom is -0.264 e. The van der Waals surface area contributed by atoms with Crippen LogP contribution in [0, 0.1) is 10.1 Å². The molecule has 0 atom stereocenters. The van der Waals surface area contributed by atoms with Crippen molar-refractivity contribution >= 4 is 17.6 Å². The number of aromatic nitrogens is 1. The first kappa shape index (κ1) is 10.9. The summed E-state index contributed by atoms with van der Waals surface area (Å²) in [6.45, 7) is 0. The van der Waals surface area contributed by atoms with Crippen LogP contribution in [-0.2, 0) is 0 Å². The second-order valence-electron chi connectivity index (χ2n) is 3.32. The lowest BCUT2D eigenvalue weighted by Gasteiger charge is -1.94. The van der Waals surface area contributed by atoms with E-state index in [0.29, 0.717) is 5.69 Å². The van der Waals surface area contributed by atoms with E-state index in [1.807, 2.05) is 12.1 Å². The average Bonchev–Trinajstić information content (AvgIpc) is 2.38. The van der Waals surface area contributed by atoms with Crippen molar-refractivity contribution in [1.29, 1.82) is 0 Å². The van der Waals surface area contributed by atoms with Gasteiger partial charge in [-0.15, -0.1) is 0 Å². The van der Waals surface area contributed by atoms with E-state index in [4.69, 9.17) is 0 Å². The van der Waals surface area contributed by atoms with E-state index in [2.05, 4.69) is 9.98 Å². The third-order valence-electron chi connectivity index (χ3n) is 2.11. The minimum atomic E-state index is -0.436. The smallest absolute Gasteiger partial charge is 0.264 e. The molecule has 0 radical (unpaired) electrons. The first-order chi connectivity index (χ1) is 8.25. The number of nitro benzene ring substituents is 1. The van der Waals surface area contributed by atoms with Gasteiger partial charge in [-0.3, -0.25) is 20.1 Å². The maximum Gasteiger partial charge on any atom is 0.269 e. The first-order valence-corrected chi connectivity index (χ1v) is 4.94. The molecule has 2 rings (SSSR count). The van der Waals surface area contributed by atoms with Crippen molar-refractivity contribution in [3.8, 4) is 0 Å². The van der Waals surface area contributed by atoms with Crippen LogP contribution in [0.25, 0.3) is 0 Å². The van der Waals surface area contributed by atoms with Crippen LogP contribution in [-0.4, -0.2) is 16.1 Å². The van der Waals surface area contributed by atoms with Crippen molar-refractivity contribution in [2.75, 3.05) is 0 Å². The lowest BCUT2D eigenvalue weighted by Crippen LogP contribution is -1.86. The molecule has 0 N–H and O–H groups in total. The highest BCUT2D eigenvalue weighted by molar-refractivity contribution is 5.81. The molecule has 0 unspecified atom stereocenters. The molecule has 84 valence electrons. The fraction of sp³-hybridized carbons (Fsp3) is 0. The topological polar surface area (TPSA) is 68.4 Å². The second kappa shape index (κ2) is 4.98. The van der Waals surface area contributed by atoms with Gasteiger partial charge in [-0.05, 0) is 18.2 Å². The van der Waals surface area contributed by atoms with Gasteiger partial charge in [0.2, 0.25) is 0 Å². The molecule has 0 aliphatic heterocycles. The first-order valence-electron chi connectivity index (χ1n) is 4.94. The van der Waals surface area contributed by atoms with Crippen LogP contribution < -0.4 is 0 Å². The van der Waals surface area contributed by atoms with Gasteiger partial charge in [0.25, 0.3) is 5.69 Å². The van der Waals surface area contributed by atoms with Gasteiger partial charge in [-0.2, -0.15) is 0 Å². The Labute approximate surface area is 97.6 Å². The number of rotatable bonds is 3. The van der Waals surface area contributed by atoms with E-state index < -0.39 is 4.92 Å². The van der Waals surface area contributed by atoms with E-state index in [0.717, 1.165) is 5.56 Å². The fourth-order valence-corrected chi connectivity index (χ4v) is 1.26. The lowest BCUT2D eigenvalue weighted by molar-refractivity contribution is -0.384. The van der Waals surface area contributed by atoms with Gasteiger partial charge in [0, 0.05) is 36.3 Å². The quantitative estimate of drug-likeness (QED) is 0.460. The van der Waals surface area contributed by atoms with E-state index in [1.165, 1.54) is 12.1 Å². The molecule has 0 saturated carbocycles. The summed E-state index contributed by atoms with van der Waals surface area (Å²) in [4.78, 5) is 18.2. The molecule has 0 aliphatic carbocycles. The third-order valence-corrected chi connectivity index (χ3v) is 2.11. The van der Waals surface area contributed by atoms with Crippen molar-refractivity contribution in [3.05, 3.63) is 64.5 Å². The van der Waals surface area contributed by atoms with Crippen molar-refractivity contribution in [3.63, 3.8) is 0 Å². The van der Waals surface area contributed by atoms with E-state index in [-0.39, 0.29) is 5.69 Å². The Morgan fingerprint density at radius 3 is 2.59 bits per heavy atom. The van der Waals surface area contributed by atoms with Crippen molar-refractivity contribution < 1.29 is 4.92 Å². The Morgan fingerprint density at radius 1 is 1.24 bits per heavy atom. The third kappa shape index (κ3) is 2.94. The second-order valence-corrected chi connectivity index (χ2v) is 3.32. The zero-order chi connectivity index (χ0) is 12.1. The number of nitro groups is 1. The molecule has 0 fully saturated rings. The predicted molar refractivity (Wildman–Crippen MR) is 64.6 cm³/mol. The van der Waals surface area contributed by atoms with Crippen LogP contribution in [0.5, 0.6) is 0 Å². The molecular formula is C12H9N3O2. The molecule has 1 aromatic carbocycles. The van der Waals surface area contributed by atoms with Crippen LogP contribution in [0.15, 0.2) is 53.8 Å². The molecular weight excluding hydrogens is 218 g/mol. The molecule has 17 heavy (non-hydrogen) atoms. The Morgan fingerprint density at radius 2 is 2.00 bits per heavy atom. The largest absolute Gasteiger partial charge is 0.269 e. The summed E-state index contributed by atoms with van der Waals surface area (Å²) >= 11 is 0. The number of pyridine rings is 1. The Hall–Kier alpha value is -2.56. The molecule has 0 amide bonds. The molecule has 0 saturated heterocycles. The molecule has 5 nitrogen and oxygen atoms in total. The Kier molecular flexibility index (Phi) is 3.20. The van der Waals surface area contributed by atoms with Gasteiger partial charge in [-0.1, -0.05) is 6.07 Å². The Bertz CT molecular complexity index is 535. The summed E-state index contributed by atoms with van der Waals surface area (Å²) in [5, 5.41) is 10.5. The van der Waals surface area contributed by atoms with Crippen molar-refractivity contribution in [2.45, 2.75) is 0 Å². The van der Waals surface area contributed by atoms with Gasteiger partial charge < -0.3 is 0 Å². The van der Waals surface area contributed by atoms with E-state index >= 15 is 0 Å². The maximum atomic E-state index is 10.5. The zero-order valence-electron chi connectivity index (χ0n) is 8.85. The fourth-order valence-electron chi connectivity index (χ4n) is 1.26. The van der Waals surface area contributed by atoms with Crippen LogP contribution in [0.3, 0.4) is 0 Å². The number of hydrogen-bond acceptors (Lipinski definition) is 4. The summed E-state index contributed by atoms with van der Waals surface area (Å²) in [6, 6.07) is 9.75. The van der Waals surface area contributed by atoms with Crippen LogP contribution in [0.1, 0.15) is 5.56 Å². The van der Waals surface area contributed by atoms with Crippen molar-refractivity contribution in [1.82, 2.24) is 4.98 Å². The highest BCUT2D eigenvalue weighted by Gasteiger charge is 2.02. The minimum absolute atomic E-state index is 0.0605.